The van der Waals surface area contributed by atoms with Crippen LogP contribution in [0.4, 0.5) is 5.69 Å². The highest BCUT2D eigenvalue weighted by Gasteiger charge is 2.14. The number of nitrogens with zero attached hydrogens (tertiary/aromatic N) is 1. The molecule has 0 amide bonds. The Hall–Kier alpha value is -1.29. The monoisotopic (exact) mass is 187 g/mol. The Kier molecular flexibility index (Phi) is 2.50. The van der Waals surface area contributed by atoms with E-state index in [1.54, 1.807) is 0 Å². The van der Waals surface area contributed by atoms with Crippen LogP contribution in [0.15, 0.2) is 18.2 Å². The molecule has 0 bridgehead atoms. The maximum Gasteiger partial charge on any atom is 0.311 e. The molecule has 0 aliphatic heterocycles. The Bertz CT molecular complexity index is 314. The molecule has 12 heavy (non-hydrogen) atoms. The highest BCUT2D eigenvalue weighted by molar-refractivity contribution is 6.17. The summed E-state index contributed by atoms with van der Waals surface area (Å²) in [4.78, 5) is 9.64. The second-order valence-electron chi connectivity index (χ2n) is 2.18. The maximum atomic E-state index is 10.3. The largest absolute Gasteiger partial charge is 0.502 e. The summed E-state index contributed by atoms with van der Waals surface area (Å²) in [6.45, 7) is 0. The van der Waals surface area contributed by atoms with Gasteiger partial charge in [0.25, 0.3) is 0 Å². The van der Waals surface area contributed by atoms with Crippen LogP contribution in [0.2, 0.25) is 0 Å². The van der Waals surface area contributed by atoms with E-state index >= 15 is 0 Å². The van der Waals surface area contributed by atoms with Gasteiger partial charge < -0.3 is 5.11 Å². The highest BCUT2D eigenvalue weighted by atomic mass is 35.5. The number of rotatable bonds is 2. The molecule has 0 aliphatic carbocycles. The molecule has 1 aromatic carbocycles. The van der Waals surface area contributed by atoms with Crippen molar-refractivity contribution in [1.29, 1.82) is 0 Å². The van der Waals surface area contributed by atoms with Crippen molar-refractivity contribution in [3.63, 3.8) is 0 Å². The Morgan fingerprint density at radius 1 is 1.58 bits per heavy atom. The molecular weight excluding hydrogens is 182 g/mol. The summed E-state index contributed by atoms with van der Waals surface area (Å²) in [5.41, 5.74) is 0.0546. The number of hydrogen-bond acceptors (Lipinski definition) is 3. The third kappa shape index (κ3) is 1.48. The lowest BCUT2D eigenvalue weighted by Crippen LogP contribution is -1.90. The van der Waals surface area contributed by atoms with Crippen LogP contribution in [-0.2, 0) is 5.88 Å². The molecule has 1 rings (SSSR count). The molecule has 0 radical (unpaired) electrons. The maximum absolute atomic E-state index is 10.3. The smallest absolute Gasteiger partial charge is 0.311 e. The van der Waals surface area contributed by atoms with E-state index in [2.05, 4.69) is 0 Å². The van der Waals surface area contributed by atoms with Gasteiger partial charge in [0.1, 0.15) is 0 Å². The summed E-state index contributed by atoms with van der Waals surface area (Å²) < 4.78 is 0. The van der Waals surface area contributed by atoms with E-state index in [9.17, 15) is 15.2 Å². The van der Waals surface area contributed by atoms with Crippen LogP contribution in [-0.4, -0.2) is 10.0 Å². The number of halogens is 1. The molecule has 64 valence electrons. The fourth-order valence-electron chi connectivity index (χ4n) is 0.833. The number of benzene rings is 1. The van der Waals surface area contributed by atoms with Crippen LogP contribution in [0.3, 0.4) is 0 Å². The molecule has 0 fully saturated rings. The topological polar surface area (TPSA) is 63.4 Å². The summed E-state index contributed by atoms with van der Waals surface area (Å²) in [6.07, 6.45) is 0. The quantitative estimate of drug-likeness (QED) is 0.438. The highest BCUT2D eigenvalue weighted by Crippen LogP contribution is 2.29. The molecule has 0 aromatic heterocycles. The first kappa shape index (κ1) is 8.80. The van der Waals surface area contributed by atoms with Crippen molar-refractivity contribution in [3.05, 3.63) is 33.9 Å². The van der Waals surface area contributed by atoms with E-state index < -0.39 is 4.92 Å². The van der Waals surface area contributed by atoms with Crippen molar-refractivity contribution >= 4 is 17.3 Å². The van der Waals surface area contributed by atoms with Gasteiger partial charge in [-0.1, -0.05) is 12.1 Å². The molecule has 0 unspecified atom stereocenters. The van der Waals surface area contributed by atoms with Gasteiger partial charge in [0.15, 0.2) is 5.75 Å². The average molecular weight is 188 g/mol. The second-order valence-corrected chi connectivity index (χ2v) is 2.44. The van der Waals surface area contributed by atoms with Crippen LogP contribution >= 0.6 is 11.6 Å². The molecule has 0 atom stereocenters. The lowest BCUT2D eigenvalue weighted by molar-refractivity contribution is -0.385. The minimum atomic E-state index is -0.647. The van der Waals surface area contributed by atoms with Gasteiger partial charge in [-0.3, -0.25) is 10.1 Å². The standard InChI is InChI=1S/C7H6ClNO3/c8-4-5-2-1-3-6(7(5)10)9(11)12/h1-3,10H,4H2. The Morgan fingerprint density at radius 2 is 2.25 bits per heavy atom. The molecule has 0 spiro atoms. The second kappa shape index (κ2) is 3.40. The van der Waals surface area contributed by atoms with E-state index in [-0.39, 0.29) is 17.3 Å². The number of nitro groups is 1. The molecule has 0 aliphatic rings. The number of aromatic hydroxyl groups is 1. The van der Waals surface area contributed by atoms with Crippen LogP contribution < -0.4 is 0 Å². The number of alkyl halides is 1. The molecule has 0 saturated carbocycles. The summed E-state index contributed by atoms with van der Waals surface area (Å²) in [5, 5.41) is 19.5. The van der Waals surface area contributed by atoms with E-state index in [4.69, 9.17) is 11.6 Å². The van der Waals surface area contributed by atoms with Crippen molar-refractivity contribution in [2.45, 2.75) is 5.88 Å². The van der Waals surface area contributed by atoms with Gasteiger partial charge in [-0.15, -0.1) is 11.6 Å². The van der Waals surface area contributed by atoms with Gasteiger partial charge in [0, 0.05) is 11.6 Å². The van der Waals surface area contributed by atoms with Gasteiger partial charge in [-0.2, -0.15) is 0 Å². The lowest BCUT2D eigenvalue weighted by atomic mass is 10.2. The Balaban J connectivity index is 3.23. The van der Waals surface area contributed by atoms with Crippen LogP contribution in [0.1, 0.15) is 5.56 Å². The third-order valence-electron chi connectivity index (χ3n) is 1.44. The average Bonchev–Trinajstić information content (AvgIpc) is 2.04. The van der Waals surface area contributed by atoms with Gasteiger partial charge in [0.2, 0.25) is 0 Å². The predicted octanol–water partition coefficient (Wildman–Crippen LogP) is 2.04. The normalized spacial score (nSPS) is 9.75. The van der Waals surface area contributed by atoms with Crippen molar-refractivity contribution < 1.29 is 10.0 Å². The zero-order valence-corrected chi connectivity index (χ0v) is 6.78. The SMILES string of the molecule is O=[N+]([O-])c1cccc(CCl)c1O. The fraction of sp³-hybridized carbons (Fsp3) is 0.143. The van der Waals surface area contributed by atoms with E-state index in [1.165, 1.54) is 18.2 Å². The third-order valence-corrected chi connectivity index (χ3v) is 1.73. The minimum Gasteiger partial charge on any atom is -0.502 e. The number of hydrogen-bond donors (Lipinski definition) is 1. The van der Waals surface area contributed by atoms with Gasteiger partial charge in [-0.05, 0) is 0 Å². The van der Waals surface area contributed by atoms with E-state index in [0.29, 0.717) is 5.56 Å². The molecule has 0 saturated heterocycles. The van der Waals surface area contributed by atoms with Gasteiger partial charge in [0.05, 0.1) is 10.8 Å². The molecule has 1 N–H and O–H groups in total. The number of nitro benzene ring substituents is 1. The summed E-state index contributed by atoms with van der Waals surface area (Å²) in [7, 11) is 0. The lowest BCUT2D eigenvalue weighted by Gasteiger charge is -1.99. The van der Waals surface area contributed by atoms with Gasteiger partial charge in [-0.25, -0.2) is 0 Å². The number of phenolic OH excluding ortho intramolecular Hbond substituents is 1. The van der Waals surface area contributed by atoms with Crippen LogP contribution in [0.5, 0.6) is 5.75 Å². The Labute approximate surface area is 73.5 Å². The van der Waals surface area contributed by atoms with Gasteiger partial charge >= 0.3 is 5.69 Å². The van der Waals surface area contributed by atoms with Crippen molar-refractivity contribution in [1.82, 2.24) is 0 Å². The number of para-hydroxylation sites is 1. The predicted molar refractivity (Wildman–Crippen MR) is 44.3 cm³/mol. The van der Waals surface area contributed by atoms with Crippen molar-refractivity contribution in [3.8, 4) is 5.75 Å². The molecule has 5 heteroatoms. The molecular formula is C7H6ClNO3. The van der Waals surface area contributed by atoms with Crippen molar-refractivity contribution in [2.24, 2.45) is 0 Å². The van der Waals surface area contributed by atoms with Crippen LogP contribution in [0.25, 0.3) is 0 Å². The first-order valence-corrected chi connectivity index (χ1v) is 3.71. The number of phenols is 1. The van der Waals surface area contributed by atoms with E-state index in [0.717, 1.165) is 0 Å². The summed E-state index contributed by atoms with van der Waals surface area (Å²) in [6, 6.07) is 4.25. The van der Waals surface area contributed by atoms with Crippen molar-refractivity contribution in [2.75, 3.05) is 0 Å². The first-order chi connectivity index (χ1) is 5.66. The zero-order chi connectivity index (χ0) is 9.14. The Morgan fingerprint density at radius 3 is 2.75 bits per heavy atom. The molecule has 0 heterocycles. The van der Waals surface area contributed by atoms with Crippen LogP contribution in [0, 0.1) is 10.1 Å². The molecule has 1 aromatic rings. The first-order valence-electron chi connectivity index (χ1n) is 3.18. The molecule has 4 nitrogen and oxygen atoms in total. The summed E-state index contributed by atoms with van der Waals surface area (Å²) in [5.74, 6) is -0.287. The summed E-state index contributed by atoms with van der Waals surface area (Å²) >= 11 is 5.43. The fourth-order valence-corrected chi connectivity index (χ4v) is 1.05. The minimum absolute atomic E-state index is 0.0630. The van der Waals surface area contributed by atoms with E-state index in [1.807, 2.05) is 0 Å². The zero-order valence-electron chi connectivity index (χ0n) is 6.03.